The lowest BCUT2D eigenvalue weighted by Crippen LogP contribution is -2.32. The van der Waals surface area contributed by atoms with Gasteiger partial charge in [0.25, 0.3) is 5.91 Å². The molecule has 1 aromatic carbocycles. The van der Waals surface area contributed by atoms with Gasteiger partial charge in [0, 0.05) is 13.2 Å². The third kappa shape index (κ3) is 4.30. The summed E-state index contributed by atoms with van der Waals surface area (Å²) < 4.78 is 21.5. The molecular weight excluding hydrogens is 324 g/mol. The molecule has 0 spiro atoms. The fourth-order valence-corrected chi connectivity index (χ4v) is 2.66. The summed E-state index contributed by atoms with van der Waals surface area (Å²) in [6.07, 6.45) is 2.08. The van der Waals surface area contributed by atoms with Gasteiger partial charge in [-0.05, 0) is 44.0 Å². The molecule has 1 aliphatic rings. The summed E-state index contributed by atoms with van der Waals surface area (Å²) in [4.78, 5) is 12.4. The average Bonchev–Trinajstić information content (AvgIpc) is 3.28. The SMILES string of the molecule is COc1ccc(OCc2c(C(=O)NCC3CCCO3)noc2C)cc1. The van der Waals surface area contributed by atoms with Gasteiger partial charge in [0.15, 0.2) is 5.69 Å². The van der Waals surface area contributed by atoms with Gasteiger partial charge >= 0.3 is 0 Å². The van der Waals surface area contributed by atoms with Crippen molar-refractivity contribution >= 4 is 5.91 Å². The van der Waals surface area contributed by atoms with Crippen LogP contribution in [0.15, 0.2) is 28.8 Å². The van der Waals surface area contributed by atoms with Gasteiger partial charge < -0.3 is 24.1 Å². The maximum absolute atomic E-state index is 12.4. The highest BCUT2D eigenvalue weighted by molar-refractivity contribution is 5.93. The van der Waals surface area contributed by atoms with Crippen molar-refractivity contribution < 1.29 is 23.5 Å². The van der Waals surface area contributed by atoms with Crippen LogP contribution in [0.1, 0.15) is 34.7 Å². The van der Waals surface area contributed by atoms with Crippen molar-refractivity contribution in [1.82, 2.24) is 10.5 Å². The van der Waals surface area contributed by atoms with E-state index in [1.165, 1.54) is 0 Å². The highest BCUT2D eigenvalue weighted by atomic mass is 16.5. The molecule has 2 heterocycles. The topological polar surface area (TPSA) is 82.8 Å². The van der Waals surface area contributed by atoms with E-state index < -0.39 is 0 Å². The van der Waals surface area contributed by atoms with Crippen molar-refractivity contribution in [3.8, 4) is 11.5 Å². The van der Waals surface area contributed by atoms with Crippen molar-refractivity contribution in [3.05, 3.63) is 41.3 Å². The molecule has 1 amide bonds. The molecule has 134 valence electrons. The molecular formula is C18H22N2O5. The number of methoxy groups -OCH3 is 1. The second-order valence-corrected chi connectivity index (χ2v) is 5.88. The molecule has 7 nitrogen and oxygen atoms in total. The molecule has 1 aromatic heterocycles. The number of aromatic nitrogens is 1. The zero-order chi connectivity index (χ0) is 17.6. The van der Waals surface area contributed by atoms with Crippen molar-refractivity contribution in [2.24, 2.45) is 0 Å². The first-order valence-electron chi connectivity index (χ1n) is 8.29. The molecule has 1 fully saturated rings. The number of hydrogen-bond acceptors (Lipinski definition) is 6. The smallest absolute Gasteiger partial charge is 0.273 e. The summed E-state index contributed by atoms with van der Waals surface area (Å²) in [5.74, 6) is 1.71. The molecule has 7 heteroatoms. The summed E-state index contributed by atoms with van der Waals surface area (Å²) in [7, 11) is 1.61. The van der Waals surface area contributed by atoms with E-state index in [9.17, 15) is 4.79 Å². The largest absolute Gasteiger partial charge is 0.497 e. The summed E-state index contributed by atoms with van der Waals surface area (Å²) in [5.41, 5.74) is 0.893. The first kappa shape index (κ1) is 17.3. The number of benzene rings is 1. The van der Waals surface area contributed by atoms with Crippen LogP contribution in [0.4, 0.5) is 0 Å². The number of aryl methyl sites for hydroxylation is 1. The van der Waals surface area contributed by atoms with Crippen LogP contribution in [0, 0.1) is 6.92 Å². The Morgan fingerprint density at radius 3 is 2.76 bits per heavy atom. The van der Waals surface area contributed by atoms with E-state index in [2.05, 4.69) is 10.5 Å². The van der Waals surface area contributed by atoms with Gasteiger partial charge in [-0.1, -0.05) is 5.16 Å². The van der Waals surface area contributed by atoms with Gasteiger partial charge in [-0.3, -0.25) is 4.79 Å². The van der Waals surface area contributed by atoms with Gasteiger partial charge in [-0.2, -0.15) is 0 Å². The molecule has 0 saturated carbocycles. The third-order valence-corrected chi connectivity index (χ3v) is 4.16. The number of nitrogens with one attached hydrogen (secondary N) is 1. The molecule has 1 unspecified atom stereocenters. The lowest BCUT2D eigenvalue weighted by Gasteiger charge is -2.11. The lowest BCUT2D eigenvalue weighted by molar-refractivity contribution is 0.0848. The predicted octanol–water partition coefficient (Wildman–Crippen LogP) is 2.48. The Kier molecular flexibility index (Phi) is 5.55. The molecule has 1 atom stereocenters. The molecule has 0 aliphatic carbocycles. The molecule has 1 aliphatic heterocycles. The average molecular weight is 346 g/mol. The summed E-state index contributed by atoms with van der Waals surface area (Å²) >= 11 is 0. The Hall–Kier alpha value is -2.54. The van der Waals surface area contributed by atoms with Crippen LogP contribution < -0.4 is 14.8 Å². The number of carbonyl (C=O) groups is 1. The van der Waals surface area contributed by atoms with Gasteiger partial charge in [0.05, 0.1) is 18.8 Å². The Balaban J connectivity index is 1.60. The fraction of sp³-hybridized carbons (Fsp3) is 0.444. The number of ether oxygens (including phenoxy) is 3. The van der Waals surface area contributed by atoms with Crippen molar-refractivity contribution in [2.75, 3.05) is 20.3 Å². The minimum atomic E-state index is -0.277. The zero-order valence-corrected chi connectivity index (χ0v) is 14.4. The van der Waals surface area contributed by atoms with Crippen molar-refractivity contribution in [1.29, 1.82) is 0 Å². The Labute approximate surface area is 146 Å². The minimum absolute atomic E-state index is 0.0796. The molecule has 0 radical (unpaired) electrons. The third-order valence-electron chi connectivity index (χ3n) is 4.16. The van der Waals surface area contributed by atoms with Gasteiger partial charge in [0.2, 0.25) is 0 Å². The van der Waals surface area contributed by atoms with Gasteiger partial charge in [0.1, 0.15) is 23.9 Å². The summed E-state index contributed by atoms with van der Waals surface area (Å²) in [6.45, 7) is 3.19. The number of hydrogen-bond donors (Lipinski definition) is 1. The summed E-state index contributed by atoms with van der Waals surface area (Å²) in [5, 5.41) is 6.72. The van der Waals surface area contributed by atoms with Crippen LogP contribution in [0.25, 0.3) is 0 Å². The second kappa shape index (κ2) is 8.02. The van der Waals surface area contributed by atoms with Crippen LogP contribution in [0.5, 0.6) is 11.5 Å². The van der Waals surface area contributed by atoms with Crippen molar-refractivity contribution in [2.45, 2.75) is 32.5 Å². The normalized spacial score (nSPS) is 16.6. The van der Waals surface area contributed by atoms with Gasteiger partial charge in [-0.15, -0.1) is 0 Å². The monoisotopic (exact) mass is 346 g/mol. The fourth-order valence-electron chi connectivity index (χ4n) is 2.66. The second-order valence-electron chi connectivity index (χ2n) is 5.88. The molecule has 1 saturated heterocycles. The first-order valence-corrected chi connectivity index (χ1v) is 8.29. The van der Waals surface area contributed by atoms with E-state index in [1.54, 1.807) is 26.2 Å². The summed E-state index contributed by atoms with van der Waals surface area (Å²) in [6, 6.07) is 7.23. The highest BCUT2D eigenvalue weighted by Crippen LogP contribution is 2.21. The van der Waals surface area contributed by atoms with E-state index >= 15 is 0 Å². The Bertz CT molecular complexity index is 705. The predicted molar refractivity (Wildman–Crippen MR) is 89.9 cm³/mol. The number of nitrogens with zero attached hydrogens (tertiary/aromatic N) is 1. The lowest BCUT2D eigenvalue weighted by atomic mass is 10.2. The maximum Gasteiger partial charge on any atom is 0.273 e. The van der Waals surface area contributed by atoms with E-state index in [0.717, 1.165) is 25.2 Å². The van der Waals surface area contributed by atoms with Crippen molar-refractivity contribution in [3.63, 3.8) is 0 Å². The molecule has 25 heavy (non-hydrogen) atoms. The number of rotatable bonds is 7. The number of carbonyl (C=O) groups excluding carboxylic acids is 1. The molecule has 2 aromatic rings. The van der Waals surface area contributed by atoms with E-state index in [1.807, 2.05) is 12.1 Å². The van der Waals surface area contributed by atoms with Crippen LogP contribution in [0.2, 0.25) is 0 Å². The number of amides is 1. The van der Waals surface area contributed by atoms with Crippen LogP contribution >= 0.6 is 0 Å². The highest BCUT2D eigenvalue weighted by Gasteiger charge is 2.22. The van der Waals surface area contributed by atoms with Crippen LogP contribution in [-0.2, 0) is 11.3 Å². The standard InChI is InChI=1S/C18H22N2O5/c1-12-16(11-24-14-7-5-13(22-2)6-8-14)17(20-25-12)18(21)19-10-15-4-3-9-23-15/h5-8,15H,3-4,9-11H2,1-2H3,(H,19,21). The quantitative estimate of drug-likeness (QED) is 0.829. The molecule has 3 rings (SSSR count). The van der Waals surface area contributed by atoms with Crippen LogP contribution in [-0.4, -0.2) is 37.4 Å². The Morgan fingerprint density at radius 1 is 1.32 bits per heavy atom. The van der Waals surface area contributed by atoms with Gasteiger partial charge in [-0.25, -0.2) is 0 Å². The zero-order valence-electron chi connectivity index (χ0n) is 14.4. The first-order chi connectivity index (χ1) is 12.2. The molecule has 0 bridgehead atoms. The van der Waals surface area contributed by atoms with Crippen LogP contribution in [0.3, 0.4) is 0 Å². The van der Waals surface area contributed by atoms with E-state index in [-0.39, 0.29) is 24.3 Å². The van der Waals surface area contributed by atoms with E-state index in [0.29, 0.717) is 23.6 Å². The Morgan fingerprint density at radius 2 is 2.08 bits per heavy atom. The minimum Gasteiger partial charge on any atom is -0.497 e. The van der Waals surface area contributed by atoms with E-state index in [4.69, 9.17) is 18.7 Å². The molecule has 1 N–H and O–H groups in total. The maximum atomic E-state index is 12.4.